The average molecular weight is 280 g/mol. The van der Waals surface area contributed by atoms with Crippen LogP contribution in [0.25, 0.3) is 16.9 Å². The number of hydrogen-bond acceptors (Lipinski definition) is 4. The second kappa shape index (κ2) is 5.46. The maximum atomic E-state index is 9.53. The summed E-state index contributed by atoms with van der Waals surface area (Å²) in [5.74, 6) is 0. The maximum absolute atomic E-state index is 9.53. The van der Waals surface area contributed by atoms with Crippen LogP contribution in [0.2, 0.25) is 0 Å². The second-order valence-electron chi connectivity index (χ2n) is 4.98. The van der Waals surface area contributed by atoms with E-state index < -0.39 is 0 Å². The molecule has 0 atom stereocenters. The molecule has 3 aromatic rings. The monoisotopic (exact) mass is 280 g/mol. The van der Waals surface area contributed by atoms with E-state index >= 15 is 0 Å². The minimum absolute atomic E-state index is 0.150. The van der Waals surface area contributed by atoms with E-state index in [1.165, 1.54) is 0 Å². The van der Waals surface area contributed by atoms with Crippen molar-refractivity contribution < 1.29 is 5.11 Å². The Morgan fingerprint density at radius 3 is 2.57 bits per heavy atom. The van der Waals surface area contributed by atoms with Gasteiger partial charge in [-0.15, -0.1) is 5.10 Å². The van der Waals surface area contributed by atoms with E-state index in [1.54, 1.807) is 17.1 Å². The van der Waals surface area contributed by atoms with E-state index in [0.29, 0.717) is 5.69 Å². The first-order valence-electron chi connectivity index (χ1n) is 6.74. The molecule has 1 N–H and O–H groups in total. The average Bonchev–Trinajstić information content (AvgIpc) is 2.94. The van der Waals surface area contributed by atoms with Gasteiger partial charge in [0, 0.05) is 18.0 Å². The highest BCUT2D eigenvalue weighted by Gasteiger charge is 2.16. The summed E-state index contributed by atoms with van der Waals surface area (Å²) in [6.07, 6.45) is 3.44. The SMILES string of the molecule is Cc1ccc(C)c(-n2nnc(CO)c2-c2ccncc2)c1. The van der Waals surface area contributed by atoms with Crippen molar-refractivity contribution in [1.82, 2.24) is 20.0 Å². The Balaban J connectivity index is 2.25. The zero-order valence-electron chi connectivity index (χ0n) is 12.0. The number of aromatic nitrogens is 4. The lowest BCUT2D eigenvalue weighted by Gasteiger charge is -2.11. The summed E-state index contributed by atoms with van der Waals surface area (Å²) < 4.78 is 1.78. The predicted molar refractivity (Wildman–Crippen MR) is 80.0 cm³/mol. The van der Waals surface area contributed by atoms with Crippen molar-refractivity contribution in [3.8, 4) is 16.9 Å². The van der Waals surface area contributed by atoms with Gasteiger partial charge in [0.2, 0.25) is 0 Å². The highest BCUT2D eigenvalue weighted by atomic mass is 16.3. The summed E-state index contributed by atoms with van der Waals surface area (Å²) in [5.41, 5.74) is 5.51. The van der Waals surface area contributed by atoms with Crippen molar-refractivity contribution in [3.05, 3.63) is 59.5 Å². The van der Waals surface area contributed by atoms with Crippen LogP contribution in [-0.4, -0.2) is 25.1 Å². The van der Waals surface area contributed by atoms with Gasteiger partial charge in [0.25, 0.3) is 0 Å². The third-order valence-corrected chi connectivity index (χ3v) is 3.44. The molecule has 0 saturated heterocycles. The molecule has 0 radical (unpaired) electrons. The normalized spacial score (nSPS) is 10.8. The highest BCUT2D eigenvalue weighted by Crippen LogP contribution is 2.26. The van der Waals surface area contributed by atoms with E-state index in [4.69, 9.17) is 0 Å². The molecule has 0 bridgehead atoms. The first-order valence-corrected chi connectivity index (χ1v) is 6.74. The van der Waals surface area contributed by atoms with Gasteiger partial charge in [-0.2, -0.15) is 0 Å². The third kappa shape index (κ3) is 2.43. The van der Waals surface area contributed by atoms with Crippen LogP contribution >= 0.6 is 0 Å². The highest BCUT2D eigenvalue weighted by molar-refractivity contribution is 5.64. The number of aryl methyl sites for hydroxylation is 2. The first-order chi connectivity index (χ1) is 10.2. The van der Waals surface area contributed by atoms with E-state index in [-0.39, 0.29) is 6.61 Å². The van der Waals surface area contributed by atoms with Crippen molar-refractivity contribution in [2.24, 2.45) is 0 Å². The van der Waals surface area contributed by atoms with Crippen LogP contribution in [0.15, 0.2) is 42.7 Å². The molecule has 0 aliphatic carbocycles. The van der Waals surface area contributed by atoms with Crippen molar-refractivity contribution in [2.45, 2.75) is 20.5 Å². The number of pyridine rings is 1. The molecular formula is C16H16N4O. The molecule has 0 unspecified atom stereocenters. The molecular weight excluding hydrogens is 264 g/mol. The summed E-state index contributed by atoms with van der Waals surface area (Å²) in [6, 6.07) is 9.96. The van der Waals surface area contributed by atoms with E-state index in [2.05, 4.69) is 33.5 Å². The van der Waals surface area contributed by atoms with Crippen molar-refractivity contribution in [1.29, 1.82) is 0 Å². The quantitative estimate of drug-likeness (QED) is 0.800. The van der Waals surface area contributed by atoms with E-state index in [9.17, 15) is 5.11 Å². The number of aliphatic hydroxyl groups is 1. The van der Waals surface area contributed by atoms with Gasteiger partial charge < -0.3 is 5.11 Å². The van der Waals surface area contributed by atoms with Crippen LogP contribution in [0.1, 0.15) is 16.8 Å². The predicted octanol–water partition coefficient (Wildman–Crippen LogP) is 2.44. The van der Waals surface area contributed by atoms with Crippen molar-refractivity contribution in [2.75, 3.05) is 0 Å². The molecule has 3 rings (SSSR count). The molecule has 0 aliphatic heterocycles. The molecule has 106 valence electrons. The van der Waals surface area contributed by atoms with Crippen molar-refractivity contribution >= 4 is 0 Å². The molecule has 0 saturated carbocycles. The van der Waals surface area contributed by atoms with Crippen LogP contribution < -0.4 is 0 Å². The summed E-state index contributed by atoms with van der Waals surface area (Å²) in [6.45, 7) is 3.92. The largest absolute Gasteiger partial charge is 0.390 e. The van der Waals surface area contributed by atoms with Crippen LogP contribution in [0.4, 0.5) is 0 Å². The lowest BCUT2D eigenvalue weighted by molar-refractivity contribution is 0.277. The Hall–Kier alpha value is -2.53. The number of nitrogens with zero attached hydrogens (tertiary/aromatic N) is 4. The van der Waals surface area contributed by atoms with Gasteiger partial charge >= 0.3 is 0 Å². The molecule has 5 heteroatoms. The molecule has 0 fully saturated rings. The summed E-state index contributed by atoms with van der Waals surface area (Å²) >= 11 is 0. The smallest absolute Gasteiger partial charge is 0.117 e. The van der Waals surface area contributed by atoms with E-state index in [0.717, 1.165) is 28.1 Å². The fourth-order valence-corrected chi connectivity index (χ4v) is 2.33. The fraction of sp³-hybridized carbons (Fsp3) is 0.188. The standard InChI is InChI=1S/C16H16N4O/c1-11-3-4-12(2)15(9-11)20-16(14(10-21)18-19-20)13-5-7-17-8-6-13/h3-9,21H,10H2,1-2H3. The maximum Gasteiger partial charge on any atom is 0.117 e. The number of benzene rings is 1. The third-order valence-electron chi connectivity index (χ3n) is 3.44. The molecule has 0 spiro atoms. The molecule has 0 aliphatic rings. The minimum atomic E-state index is -0.150. The van der Waals surface area contributed by atoms with Gasteiger partial charge in [-0.25, -0.2) is 4.68 Å². The lowest BCUT2D eigenvalue weighted by Crippen LogP contribution is -2.03. The Bertz CT molecular complexity index is 765. The fourth-order valence-electron chi connectivity index (χ4n) is 2.33. The minimum Gasteiger partial charge on any atom is -0.390 e. The van der Waals surface area contributed by atoms with Gasteiger partial charge in [0.05, 0.1) is 12.3 Å². The Labute approximate surface area is 122 Å². The second-order valence-corrected chi connectivity index (χ2v) is 4.98. The van der Waals surface area contributed by atoms with Gasteiger partial charge in [0.15, 0.2) is 0 Å². The first kappa shape index (κ1) is 13.5. The number of rotatable bonds is 3. The van der Waals surface area contributed by atoms with Crippen LogP contribution in [0.5, 0.6) is 0 Å². The topological polar surface area (TPSA) is 63.8 Å². The molecule has 1 aromatic carbocycles. The molecule has 5 nitrogen and oxygen atoms in total. The summed E-state index contributed by atoms with van der Waals surface area (Å²) in [7, 11) is 0. The van der Waals surface area contributed by atoms with Gasteiger partial charge in [-0.1, -0.05) is 17.3 Å². The molecule has 2 aromatic heterocycles. The zero-order chi connectivity index (χ0) is 14.8. The van der Waals surface area contributed by atoms with Crippen LogP contribution in [-0.2, 0) is 6.61 Å². The lowest BCUT2D eigenvalue weighted by atomic mass is 10.1. The number of hydrogen-bond donors (Lipinski definition) is 1. The molecule has 2 heterocycles. The Kier molecular flexibility index (Phi) is 3.50. The van der Waals surface area contributed by atoms with Crippen molar-refractivity contribution in [3.63, 3.8) is 0 Å². The molecule has 0 amide bonds. The van der Waals surface area contributed by atoms with Crippen LogP contribution in [0, 0.1) is 13.8 Å². The Morgan fingerprint density at radius 1 is 1.10 bits per heavy atom. The molecule has 21 heavy (non-hydrogen) atoms. The van der Waals surface area contributed by atoms with E-state index in [1.807, 2.05) is 26.0 Å². The zero-order valence-corrected chi connectivity index (χ0v) is 12.0. The van der Waals surface area contributed by atoms with Gasteiger partial charge in [0.1, 0.15) is 11.4 Å². The number of aliphatic hydroxyl groups excluding tert-OH is 1. The van der Waals surface area contributed by atoms with Gasteiger partial charge in [-0.3, -0.25) is 4.98 Å². The summed E-state index contributed by atoms with van der Waals surface area (Å²) in [4.78, 5) is 4.03. The Morgan fingerprint density at radius 2 is 1.86 bits per heavy atom. The van der Waals surface area contributed by atoms with Gasteiger partial charge in [-0.05, 0) is 43.2 Å². The summed E-state index contributed by atoms with van der Waals surface area (Å²) in [5, 5.41) is 17.9. The van der Waals surface area contributed by atoms with Crippen LogP contribution in [0.3, 0.4) is 0 Å².